The predicted octanol–water partition coefficient (Wildman–Crippen LogP) is 3.09. The van der Waals surface area contributed by atoms with E-state index in [0.717, 1.165) is 11.8 Å². The van der Waals surface area contributed by atoms with E-state index in [9.17, 15) is 18.0 Å². The summed E-state index contributed by atoms with van der Waals surface area (Å²) in [6, 6.07) is 10.8. The van der Waals surface area contributed by atoms with Gasteiger partial charge >= 0.3 is 5.97 Å². The van der Waals surface area contributed by atoms with Crippen LogP contribution in [0.4, 0.5) is 5.69 Å². The standard InChI is InChI=1S/C19H18ClNO5S/c1-12-9-15-10-14(5-8-17(15)21(12)27(2,24)25)18(22)11-26-19(23)13-3-6-16(20)7-4-13/h3-8,10,12H,9,11H2,1-2H3/t12-/m1/s1. The van der Waals surface area contributed by atoms with Crippen molar-refractivity contribution in [3.8, 4) is 0 Å². The fourth-order valence-electron chi connectivity index (χ4n) is 3.17. The molecule has 0 aliphatic carbocycles. The molecule has 1 atom stereocenters. The molecule has 0 spiro atoms. The third-order valence-corrected chi connectivity index (χ3v) is 5.85. The molecular weight excluding hydrogens is 390 g/mol. The molecule has 1 aliphatic heterocycles. The first-order valence-electron chi connectivity index (χ1n) is 8.25. The highest BCUT2D eigenvalue weighted by molar-refractivity contribution is 7.92. The minimum absolute atomic E-state index is 0.205. The number of carbonyl (C=O) groups excluding carboxylic acids is 2. The van der Waals surface area contributed by atoms with Crippen LogP contribution in [0.15, 0.2) is 42.5 Å². The Morgan fingerprint density at radius 2 is 1.78 bits per heavy atom. The van der Waals surface area contributed by atoms with Crippen molar-refractivity contribution in [2.24, 2.45) is 0 Å². The zero-order chi connectivity index (χ0) is 19.8. The van der Waals surface area contributed by atoms with E-state index in [1.54, 1.807) is 30.3 Å². The molecule has 0 radical (unpaired) electrons. The van der Waals surface area contributed by atoms with Crippen molar-refractivity contribution in [3.63, 3.8) is 0 Å². The summed E-state index contributed by atoms with van der Waals surface area (Å²) in [5.41, 5.74) is 2.04. The highest BCUT2D eigenvalue weighted by Gasteiger charge is 2.32. The second-order valence-electron chi connectivity index (χ2n) is 6.46. The maximum Gasteiger partial charge on any atom is 0.338 e. The molecule has 0 saturated heterocycles. The lowest BCUT2D eigenvalue weighted by atomic mass is 10.0. The van der Waals surface area contributed by atoms with Gasteiger partial charge in [-0.1, -0.05) is 11.6 Å². The third-order valence-electron chi connectivity index (χ3n) is 4.33. The Balaban J connectivity index is 1.71. The van der Waals surface area contributed by atoms with E-state index in [0.29, 0.717) is 28.3 Å². The average molecular weight is 408 g/mol. The molecule has 2 aromatic carbocycles. The molecule has 0 fully saturated rings. The van der Waals surface area contributed by atoms with Crippen molar-refractivity contribution in [2.75, 3.05) is 17.2 Å². The van der Waals surface area contributed by atoms with Gasteiger partial charge in [-0.05, 0) is 61.4 Å². The number of ketones is 1. The van der Waals surface area contributed by atoms with Crippen LogP contribution in [0, 0.1) is 0 Å². The van der Waals surface area contributed by atoms with Gasteiger partial charge in [-0.25, -0.2) is 13.2 Å². The van der Waals surface area contributed by atoms with Gasteiger partial charge in [-0.2, -0.15) is 0 Å². The van der Waals surface area contributed by atoms with E-state index in [2.05, 4.69) is 0 Å². The molecule has 3 rings (SSSR count). The summed E-state index contributed by atoms with van der Waals surface area (Å²) in [6.07, 6.45) is 1.68. The zero-order valence-corrected chi connectivity index (χ0v) is 16.4. The number of hydrogen-bond donors (Lipinski definition) is 0. The van der Waals surface area contributed by atoms with Crippen LogP contribution in [0.25, 0.3) is 0 Å². The molecule has 27 heavy (non-hydrogen) atoms. The number of anilines is 1. The average Bonchev–Trinajstić information content (AvgIpc) is 2.94. The predicted molar refractivity (Wildman–Crippen MR) is 103 cm³/mol. The van der Waals surface area contributed by atoms with E-state index in [1.807, 2.05) is 6.92 Å². The minimum atomic E-state index is -3.38. The van der Waals surface area contributed by atoms with Gasteiger partial charge in [0, 0.05) is 16.6 Å². The third kappa shape index (κ3) is 4.14. The Kier molecular flexibility index (Phi) is 5.26. The summed E-state index contributed by atoms with van der Waals surface area (Å²) in [5.74, 6) is -0.969. The maximum absolute atomic E-state index is 12.4. The van der Waals surface area contributed by atoms with Gasteiger partial charge in [0.2, 0.25) is 10.0 Å². The van der Waals surface area contributed by atoms with Crippen molar-refractivity contribution in [1.82, 2.24) is 0 Å². The first-order chi connectivity index (χ1) is 12.7. The SMILES string of the molecule is C[C@@H]1Cc2cc(C(=O)COC(=O)c3ccc(Cl)cc3)ccc2N1S(C)(=O)=O. The molecule has 0 amide bonds. The van der Waals surface area contributed by atoms with Crippen LogP contribution in [0.5, 0.6) is 0 Å². The molecule has 0 saturated carbocycles. The van der Waals surface area contributed by atoms with Crippen molar-refractivity contribution >= 4 is 39.1 Å². The molecule has 0 N–H and O–H groups in total. The molecule has 6 nitrogen and oxygen atoms in total. The monoisotopic (exact) mass is 407 g/mol. The van der Waals surface area contributed by atoms with Crippen LogP contribution in [0.1, 0.15) is 33.2 Å². The maximum atomic E-state index is 12.4. The number of ether oxygens (including phenoxy) is 1. The molecule has 8 heteroatoms. The second kappa shape index (κ2) is 7.32. The van der Waals surface area contributed by atoms with E-state index >= 15 is 0 Å². The molecule has 1 heterocycles. The number of Topliss-reactive ketones (excluding diaryl/α,β-unsaturated/α-hetero) is 1. The number of fused-ring (bicyclic) bond motifs is 1. The number of esters is 1. The van der Waals surface area contributed by atoms with Crippen LogP contribution in [0.3, 0.4) is 0 Å². The van der Waals surface area contributed by atoms with Crippen molar-refractivity contribution in [3.05, 3.63) is 64.2 Å². The summed E-state index contributed by atoms with van der Waals surface area (Å²) in [5, 5.41) is 0.498. The summed E-state index contributed by atoms with van der Waals surface area (Å²) < 4.78 is 30.3. The number of benzene rings is 2. The Bertz CT molecular complexity index is 1000. The number of hydrogen-bond acceptors (Lipinski definition) is 5. The second-order valence-corrected chi connectivity index (χ2v) is 8.76. The molecule has 0 bridgehead atoms. The number of sulfonamides is 1. The van der Waals surface area contributed by atoms with E-state index in [4.69, 9.17) is 16.3 Å². The van der Waals surface area contributed by atoms with E-state index in [-0.39, 0.29) is 11.8 Å². The van der Waals surface area contributed by atoms with Gasteiger partial charge in [-0.3, -0.25) is 9.10 Å². The smallest absolute Gasteiger partial charge is 0.338 e. The minimum Gasteiger partial charge on any atom is -0.454 e. The first-order valence-corrected chi connectivity index (χ1v) is 10.5. The van der Waals surface area contributed by atoms with Crippen LogP contribution >= 0.6 is 11.6 Å². The lowest BCUT2D eigenvalue weighted by Gasteiger charge is -2.21. The molecule has 1 aliphatic rings. The quantitative estimate of drug-likeness (QED) is 0.562. The lowest BCUT2D eigenvalue weighted by molar-refractivity contribution is 0.0475. The lowest BCUT2D eigenvalue weighted by Crippen LogP contribution is -2.34. The van der Waals surface area contributed by atoms with Crippen LogP contribution in [-0.2, 0) is 21.2 Å². The van der Waals surface area contributed by atoms with E-state index in [1.165, 1.54) is 16.4 Å². The van der Waals surface area contributed by atoms with Crippen LogP contribution < -0.4 is 4.31 Å². The van der Waals surface area contributed by atoms with Gasteiger partial charge in [-0.15, -0.1) is 0 Å². The Hall–Kier alpha value is -2.38. The number of halogens is 1. The molecule has 142 valence electrons. The normalized spacial score (nSPS) is 16.1. The molecule has 0 aromatic heterocycles. The Morgan fingerprint density at radius 1 is 1.15 bits per heavy atom. The fraction of sp³-hybridized carbons (Fsp3) is 0.263. The largest absolute Gasteiger partial charge is 0.454 e. The van der Waals surface area contributed by atoms with Gasteiger partial charge in [0.05, 0.1) is 17.5 Å². The van der Waals surface area contributed by atoms with Gasteiger partial charge in [0.1, 0.15) is 0 Å². The number of rotatable bonds is 5. The fourth-order valence-corrected chi connectivity index (χ4v) is 4.55. The Labute approximate surface area is 162 Å². The summed E-state index contributed by atoms with van der Waals surface area (Å²) in [6.45, 7) is 1.42. The zero-order valence-electron chi connectivity index (χ0n) is 14.8. The van der Waals surface area contributed by atoms with Gasteiger partial charge < -0.3 is 4.74 Å². The summed E-state index contributed by atoms with van der Waals surface area (Å²) >= 11 is 5.77. The first kappa shape index (κ1) is 19.4. The summed E-state index contributed by atoms with van der Waals surface area (Å²) in [4.78, 5) is 24.3. The molecule has 0 unspecified atom stereocenters. The van der Waals surface area contributed by atoms with Gasteiger partial charge in [0.15, 0.2) is 12.4 Å². The highest BCUT2D eigenvalue weighted by Crippen LogP contribution is 2.34. The van der Waals surface area contributed by atoms with Crippen LogP contribution in [-0.4, -0.2) is 39.1 Å². The topological polar surface area (TPSA) is 80.8 Å². The van der Waals surface area contributed by atoms with E-state index < -0.39 is 22.6 Å². The molecule has 2 aromatic rings. The molecular formula is C19H18ClNO5S. The number of nitrogens with zero attached hydrogens (tertiary/aromatic N) is 1. The van der Waals surface area contributed by atoms with Crippen molar-refractivity contribution in [1.29, 1.82) is 0 Å². The summed E-state index contributed by atoms with van der Waals surface area (Å²) in [7, 11) is -3.38. The Morgan fingerprint density at radius 3 is 2.41 bits per heavy atom. The van der Waals surface area contributed by atoms with Gasteiger partial charge in [0.25, 0.3) is 0 Å². The highest BCUT2D eigenvalue weighted by atomic mass is 35.5. The van der Waals surface area contributed by atoms with Crippen LogP contribution in [0.2, 0.25) is 5.02 Å². The van der Waals surface area contributed by atoms with Crippen molar-refractivity contribution in [2.45, 2.75) is 19.4 Å². The number of carbonyl (C=O) groups is 2. The van der Waals surface area contributed by atoms with Crippen molar-refractivity contribution < 1.29 is 22.7 Å².